The highest BCUT2D eigenvalue weighted by molar-refractivity contribution is 5.87. The van der Waals surface area contributed by atoms with E-state index in [4.69, 9.17) is 4.74 Å². The van der Waals surface area contributed by atoms with Crippen LogP contribution >= 0.6 is 0 Å². The van der Waals surface area contributed by atoms with E-state index in [-0.39, 0.29) is 6.09 Å². The van der Waals surface area contributed by atoms with Gasteiger partial charge in [-0.2, -0.15) is 4.57 Å². The van der Waals surface area contributed by atoms with Crippen LogP contribution in [0.5, 0.6) is 0 Å². The molecule has 1 aliphatic heterocycles. The van der Waals surface area contributed by atoms with E-state index in [0.29, 0.717) is 6.54 Å². The summed E-state index contributed by atoms with van der Waals surface area (Å²) in [5.74, 6) is 0. The lowest BCUT2D eigenvalue weighted by Gasteiger charge is -2.19. The molecule has 0 bridgehead atoms. The Hall–Kier alpha value is -3.34. The summed E-state index contributed by atoms with van der Waals surface area (Å²) in [6.07, 6.45) is 5.86. The number of carbonyl (C=O) groups is 1. The third-order valence-electron chi connectivity index (χ3n) is 5.68. The number of hydrogen-bond acceptors (Lipinski definition) is 3. The standard InChI is InChI=1S/C27H31N3O2/c1-27(2,3)32-26(31)28-15-9-16-30-17-14-20(23-11-6-8-13-25(23)30)18-22-19-21-10-5-7-12-24(21)29(22)4/h5-8,10-14,17-18H,9,15-16,19H2,1-4H3/p+1. The van der Waals surface area contributed by atoms with Crippen LogP contribution in [0.1, 0.15) is 38.3 Å². The first-order valence-electron chi connectivity index (χ1n) is 11.2. The summed E-state index contributed by atoms with van der Waals surface area (Å²) in [7, 11) is 2.14. The molecule has 32 heavy (non-hydrogen) atoms. The molecule has 4 rings (SSSR count). The average Bonchev–Trinajstić information content (AvgIpc) is 3.07. The highest BCUT2D eigenvalue weighted by Crippen LogP contribution is 2.34. The number of benzene rings is 2. The maximum atomic E-state index is 11.8. The minimum absolute atomic E-state index is 0.365. The number of aromatic nitrogens is 1. The van der Waals surface area contributed by atoms with E-state index in [1.54, 1.807) is 0 Å². The lowest BCUT2D eigenvalue weighted by Crippen LogP contribution is -2.38. The number of rotatable bonds is 5. The van der Waals surface area contributed by atoms with Gasteiger partial charge in [-0.3, -0.25) is 0 Å². The number of nitrogens with one attached hydrogen (secondary N) is 1. The van der Waals surface area contributed by atoms with Crippen LogP contribution in [0, 0.1) is 0 Å². The predicted molar refractivity (Wildman–Crippen MR) is 130 cm³/mol. The summed E-state index contributed by atoms with van der Waals surface area (Å²) in [5.41, 5.74) is 5.89. The number of ether oxygens (including phenoxy) is 1. The Morgan fingerprint density at radius 3 is 2.66 bits per heavy atom. The fourth-order valence-corrected chi connectivity index (χ4v) is 4.17. The van der Waals surface area contributed by atoms with E-state index in [0.717, 1.165) is 19.4 Å². The molecule has 1 amide bonds. The molecule has 2 aromatic carbocycles. The SMILES string of the molecule is CN1/C(=C\c2cc[n+](CCCNC(=O)OC(C)(C)C)c3ccccc23)Cc2ccccc21. The van der Waals surface area contributed by atoms with Gasteiger partial charge in [0, 0.05) is 50.0 Å². The number of likely N-dealkylation sites (N-methyl/N-ethyl adjacent to an activating group) is 1. The molecule has 0 spiro atoms. The Morgan fingerprint density at radius 2 is 1.88 bits per heavy atom. The van der Waals surface area contributed by atoms with E-state index in [1.165, 1.54) is 33.4 Å². The molecule has 0 atom stereocenters. The molecular formula is C27H32N3O2+. The van der Waals surface area contributed by atoms with Crippen molar-refractivity contribution in [1.82, 2.24) is 5.32 Å². The topological polar surface area (TPSA) is 45.5 Å². The molecule has 5 heteroatoms. The van der Waals surface area contributed by atoms with Gasteiger partial charge in [0.2, 0.25) is 5.52 Å². The molecule has 166 valence electrons. The van der Waals surface area contributed by atoms with Gasteiger partial charge in [-0.25, -0.2) is 4.79 Å². The summed E-state index contributed by atoms with van der Waals surface area (Å²) in [6.45, 7) is 7.00. The van der Waals surface area contributed by atoms with Crippen molar-refractivity contribution in [3.8, 4) is 0 Å². The predicted octanol–water partition coefficient (Wildman–Crippen LogP) is 5.08. The molecule has 1 N–H and O–H groups in total. The monoisotopic (exact) mass is 430 g/mol. The number of alkyl carbamates (subject to hydrolysis) is 1. The van der Waals surface area contributed by atoms with Crippen molar-refractivity contribution < 1.29 is 14.1 Å². The normalized spacial score (nSPS) is 14.6. The molecule has 0 aliphatic carbocycles. The Labute approximate surface area is 190 Å². The first kappa shape index (κ1) is 21.9. The third-order valence-corrected chi connectivity index (χ3v) is 5.68. The molecule has 0 fully saturated rings. The summed E-state index contributed by atoms with van der Waals surface area (Å²) in [5, 5.41) is 4.07. The van der Waals surface area contributed by atoms with E-state index in [1.807, 2.05) is 20.8 Å². The van der Waals surface area contributed by atoms with E-state index >= 15 is 0 Å². The third kappa shape index (κ3) is 4.93. The van der Waals surface area contributed by atoms with Gasteiger partial charge < -0.3 is 15.0 Å². The number of amides is 1. The molecule has 1 aliphatic rings. The Kier molecular flexibility index (Phi) is 6.17. The molecular weight excluding hydrogens is 398 g/mol. The smallest absolute Gasteiger partial charge is 0.407 e. The van der Waals surface area contributed by atoms with E-state index in [9.17, 15) is 4.79 Å². The molecule has 0 saturated heterocycles. The summed E-state index contributed by atoms with van der Waals surface area (Å²) in [4.78, 5) is 14.1. The van der Waals surface area contributed by atoms with Crippen LogP contribution in [0.2, 0.25) is 0 Å². The fourth-order valence-electron chi connectivity index (χ4n) is 4.17. The van der Waals surface area contributed by atoms with Crippen LogP contribution in [-0.4, -0.2) is 25.3 Å². The van der Waals surface area contributed by atoms with Crippen molar-refractivity contribution >= 4 is 28.8 Å². The Morgan fingerprint density at radius 1 is 1.12 bits per heavy atom. The van der Waals surface area contributed by atoms with Gasteiger partial charge in [0.15, 0.2) is 12.7 Å². The van der Waals surface area contributed by atoms with Gasteiger partial charge >= 0.3 is 6.09 Å². The molecule has 2 heterocycles. The number of nitrogens with zero attached hydrogens (tertiary/aromatic N) is 2. The van der Waals surface area contributed by atoms with E-state index in [2.05, 4.69) is 88.7 Å². The zero-order chi connectivity index (χ0) is 22.7. The number of allylic oxidation sites excluding steroid dienone is 1. The first-order valence-corrected chi connectivity index (χ1v) is 11.2. The van der Waals surface area contributed by atoms with Crippen molar-refractivity contribution in [2.75, 3.05) is 18.5 Å². The largest absolute Gasteiger partial charge is 0.444 e. The lowest BCUT2D eigenvalue weighted by molar-refractivity contribution is -0.671. The molecule has 3 aromatic rings. The minimum Gasteiger partial charge on any atom is -0.444 e. The van der Waals surface area contributed by atoms with Crippen LogP contribution < -0.4 is 14.8 Å². The van der Waals surface area contributed by atoms with Gasteiger partial charge in [-0.1, -0.05) is 30.3 Å². The van der Waals surface area contributed by atoms with Gasteiger partial charge in [-0.15, -0.1) is 0 Å². The van der Waals surface area contributed by atoms with Crippen molar-refractivity contribution in [3.05, 3.63) is 77.6 Å². The fraction of sp³-hybridized carbons (Fsp3) is 0.333. The zero-order valence-electron chi connectivity index (χ0n) is 19.4. The van der Waals surface area contributed by atoms with Gasteiger partial charge in [0.05, 0.1) is 5.39 Å². The number of fused-ring (bicyclic) bond motifs is 2. The lowest BCUT2D eigenvalue weighted by atomic mass is 10.1. The Balaban J connectivity index is 1.49. The second kappa shape index (κ2) is 9.03. The highest BCUT2D eigenvalue weighted by Gasteiger charge is 2.21. The summed E-state index contributed by atoms with van der Waals surface area (Å²) in [6, 6.07) is 19.3. The minimum atomic E-state index is -0.478. The first-order chi connectivity index (χ1) is 15.3. The maximum Gasteiger partial charge on any atom is 0.407 e. The van der Waals surface area contributed by atoms with Crippen LogP contribution in [0.4, 0.5) is 10.5 Å². The van der Waals surface area contributed by atoms with Crippen LogP contribution in [0.15, 0.2) is 66.5 Å². The quantitative estimate of drug-likeness (QED) is 0.454. The van der Waals surface area contributed by atoms with Crippen molar-refractivity contribution in [2.45, 2.75) is 45.8 Å². The molecule has 5 nitrogen and oxygen atoms in total. The number of para-hydroxylation sites is 2. The number of pyridine rings is 1. The molecule has 0 saturated carbocycles. The summed E-state index contributed by atoms with van der Waals surface area (Å²) >= 11 is 0. The van der Waals surface area contributed by atoms with Gasteiger partial charge in [0.1, 0.15) is 5.60 Å². The van der Waals surface area contributed by atoms with Crippen LogP contribution in [0.25, 0.3) is 17.0 Å². The van der Waals surface area contributed by atoms with Gasteiger partial charge in [0.25, 0.3) is 0 Å². The number of hydrogen-bond donors (Lipinski definition) is 1. The number of anilines is 1. The number of aryl methyl sites for hydroxylation is 1. The average molecular weight is 431 g/mol. The zero-order valence-corrected chi connectivity index (χ0v) is 19.4. The summed E-state index contributed by atoms with van der Waals surface area (Å²) < 4.78 is 7.56. The Bertz CT molecular complexity index is 1160. The van der Waals surface area contributed by atoms with E-state index < -0.39 is 5.60 Å². The van der Waals surface area contributed by atoms with Crippen molar-refractivity contribution in [1.29, 1.82) is 0 Å². The second-order valence-corrected chi connectivity index (χ2v) is 9.26. The molecule has 0 unspecified atom stereocenters. The number of carbonyl (C=O) groups excluding carboxylic acids is 1. The second-order valence-electron chi connectivity index (χ2n) is 9.26. The maximum absolute atomic E-state index is 11.8. The van der Waals surface area contributed by atoms with Crippen LogP contribution in [-0.2, 0) is 17.7 Å². The van der Waals surface area contributed by atoms with Crippen molar-refractivity contribution in [2.24, 2.45) is 0 Å². The molecule has 1 aromatic heterocycles. The van der Waals surface area contributed by atoms with Crippen molar-refractivity contribution in [3.63, 3.8) is 0 Å². The highest BCUT2D eigenvalue weighted by atomic mass is 16.6. The van der Waals surface area contributed by atoms with Crippen LogP contribution in [0.3, 0.4) is 0 Å². The van der Waals surface area contributed by atoms with Gasteiger partial charge in [-0.05, 0) is 50.1 Å². The molecule has 0 radical (unpaired) electrons.